The summed E-state index contributed by atoms with van der Waals surface area (Å²) >= 11 is 0. The van der Waals surface area contributed by atoms with Gasteiger partial charge < -0.3 is 19.5 Å². The lowest BCUT2D eigenvalue weighted by Gasteiger charge is -2.38. The fourth-order valence-electron chi connectivity index (χ4n) is 3.80. The van der Waals surface area contributed by atoms with Gasteiger partial charge >= 0.3 is 0 Å². The molecule has 0 unspecified atom stereocenters. The molecule has 2 aliphatic heterocycles. The molecule has 4 rings (SSSR count). The average molecular weight is 380 g/mol. The smallest absolute Gasteiger partial charge is 0.259 e. The van der Waals surface area contributed by atoms with Crippen LogP contribution < -0.4 is 9.64 Å². The zero-order chi connectivity index (χ0) is 19.7. The maximum atomic E-state index is 13.2. The number of nitrogens with zero attached hydrogens (tertiary/aromatic N) is 2. The summed E-state index contributed by atoms with van der Waals surface area (Å²) in [6.07, 6.45) is 0.764. The Kier molecular flexibility index (Phi) is 4.81. The number of para-hydroxylation sites is 1. The second-order valence-corrected chi connectivity index (χ2v) is 7.22. The SMILES string of the molecule is C[C@H]1OC(c2ccc(OCCCO)cc2)=N[C@]12Cc1ccccc1N(C)C2=O. The summed E-state index contributed by atoms with van der Waals surface area (Å²) < 4.78 is 11.6. The first-order valence-electron chi connectivity index (χ1n) is 9.52. The molecule has 0 fully saturated rings. The first-order chi connectivity index (χ1) is 13.5. The lowest BCUT2D eigenvalue weighted by Crippen LogP contribution is -2.56. The van der Waals surface area contributed by atoms with Gasteiger partial charge in [-0.1, -0.05) is 18.2 Å². The maximum Gasteiger partial charge on any atom is 0.259 e. The van der Waals surface area contributed by atoms with E-state index in [9.17, 15) is 4.79 Å². The number of anilines is 1. The van der Waals surface area contributed by atoms with E-state index in [1.54, 1.807) is 11.9 Å². The molecule has 28 heavy (non-hydrogen) atoms. The molecule has 2 atom stereocenters. The second-order valence-electron chi connectivity index (χ2n) is 7.22. The van der Waals surface area contributed by atoms with E-state index in [0.717, 1.165) is 22.6 Å². The van der Waals surface area contributed by atoms with Crippen LogP contribution >= 0.6 is 0 Å². The van der Waals surface area contributed by atoms with Gasteiger partial charge in [-0.15, -0.1) is 0 Å². The highest BCUT2D eigenvalue weighted by Crippen LogP contribution is 2.40. The number of aliphatic hydroxyl groups is 1. The number of ether oxygens (including phenoxy) is 2. The van der Waals surface area contributed by atoms with Crippen molar-refractivity contribution in [1.82, 2.24) is 0 Å². The summed E-state index contributed by atoms with van der Waals surface area (Å²) in [7, 11) is 1.79. The molecule has 1 N–H and O–H groups in total. The predicted octanol–water partition coefficient (Wildman–Crippen LogP) is 2.57. The standard InChI is InChI=1S/C22H24N2O4/c1-15-22(14-17-6-3-4-7-19(17)24(2)21(22)26)23-20(28-15)16-8-10-18(11-9-16)27-13-5-12-25/h3-4,6-11,15,25H,5,12-14H2,1-2H3/t15-,22-/m1/s1. The molecule has 6 heteroatoms. The molecule has 146 valence electrons. The Morgan fingerprint density at radius 3 is 2.75 bits per heavy atom. The van der Waals surface area contributed by atoms with Gasteiger partial charge in [0.1, 0.15) is 11.9 Å². The number of carbonyl (C=O) groups is 1. The Bertz CT molecular complexity index is 909. The van der Waals surface area contributed by atoms with E-state index in [4.69, 9.17) is 19.6 Å². The molecule has 1 amide bonds. The third-order valence-electron chi connectivity index (χ3n) is 5.42. The zero-order valence-corrected chi connectivity index (χ0v) is 16.1. The minimum Gasteiger partial charge on any atom is -0.494 e. The summed E-state index contributed by atoms with van der Waals surface area (Å²) in [6, 6.07) is 15.4. The van der Waals surface area contributed by atoms with Crippen LogP contribution in [-0.4, -0.2) is 48.8 Å². The van der Waals surface area contributed by atoms with Crippen LogP contribution in [0, 0.1) is 0 Å². The van der Waals surface area contributed by atoms with Gasteiger partial charge in [0.15, 0.2) is 5.54 Å². The number of carbonyl (C=O) groups excluding carboxylic acids is 1. The number of fused-ring (bicyclic) bond motifs is 1. The second kappa shape index (κ2) is 7.28. The van der Waals surface area contributed by atoms with E-state index in [0.29, 0.717) is 25.3 Å². The minimum absolute atomic E-state index is 0.0438. The van der Waals surface area contributed by atoms with Crippen molar-refractivity contribution in [2.24, 2.45) is 4.99 Å². The van der Waals surface area contributed by atoms with Crippen molar-refractivity contribution in [2.75, 3.05) is 25.2 Å². The number of hydrogen-bond acceptors (Lipinski definition) is 5. The highest BCUT2D eigenvalue weighted by atomic mass is 16.5. The van der Waals surface area contributed by atoms with Crippen LogP contribution in [0.5, 0.6) is 5.75 Å². The molecule has 6 nitrogen and oxygen atoms in total. The van der Waals surface area contributed by atoms with E-state index in [1.165, 1.54) is 0 Å². The fourth-order valence-corrected chi connectivity index (χ4v) is 3.80. The number of hydrogen-bond donors (Lipinski definition) is 1. The monoisotopic (exact) mass is 380 g/mol. The first-order valence-corrected chi connectivity index (χ1v) is 9.52. The maximum absolute atomic E-state index is 13.2. The van der Waals surface area contributed by atoms with Crippen molar-refractivity contribution >= 4 is 17.5 Å². The number of rotatable bonds is 5. The Morgan fingerprint density at radius 2 is 2.00 bits per heavy atom. The molecule has 0 aliphatic carbocycles. The summed E-state index contributed by atoms with van der Waals surface area (Å²) in [5, 5.41) is 8.84. The molecular formula is C22H24N2O4. The minimum atomic E-state index is -0.936. The van der Waals surface area contributed by atoms with Crippen molar-refractivity contribution in [3.05, 3.63) is 59.7 Å². The van der Waals surface area contributed by atoms with Crippen LogP contribution in [0.2, 0.25) is 0 Å². The molecule has 0 aromatic heterocycles. The highest BCUT2D eigenvalue weighted by molar-refractivity contribution is 6.08. The van der Waals surface area contributed by atoms with Crippen molar-refractivity contribution in [1.29, 1.82) is 0 Å². The van der Waals surface area contributed by atoms with Gasteiger partial charge in [-0.3, -0.25) is 4.79 Å². The Balaban J connectivity index is 1.61. The van der Waals surface area contributed by atoms with Crippen LogP contribution in [0.1, 0.15) is 24.5 Å². The van der Waals surface area contributed by atoms with E-state index in [-0.39, 0.29) is 18.6 Å². The fraction of sp³-hybridized carbons (Fsp3) is 0.364. The predicted molar refractivity (Wildman–Crippen MR) is 107 cm³/mol. The van der Waals surface area contributed by atoms with E-state index >= 15 is 0 Å². The molecule has 0 bridgehead atoms. The summed E-state index contributed by atoms with van der Waals surface area (Å²) in [4.78, 5) is 19.7. The summed E-state index contributed by atoms with van der Waals surface area (Å²) in [5.41, 5.74) is 1.90. The third kappa shape index (κ3) is 3.03. The van der Waals surface area contributed by atoms with Gasteiger partial charge in [0.2, 0.25) is 5.90 Å². The van der Waals surface area contributed by atoms with Crippen molar-refractivity contribution in [2.45, 2.75) is 31.4 Å². The van der Waals surface area contributed by atoms with Crippen LogP contribution in [-0.2, 0) is 16.0 Å². The van der Waals surface area contributed by atoms with Crippen LogP contribution in [0.15, 0.2) is 53.5 Å². The van der Waals surface area contributed by atoms with Crippen molar-refractivity contribution in [3.63, 3.8) is 0 Å². The van der Waals surface area contributed by atoms with E-state index in [1.807, 2.05) is 55.5 Å². The van der Waals surface area contributed by atoms with Crippen molar-refractivity contribution in [3.8, 4) is 5.75 Å². The molecule has 0 radical (unpaired) electrons. The molecule has 1 spiro atoms. The van der Waals surface area contributed by atoms with Crippen LogP contribution in [0.3, 0.4) is 0 Å². The molecule has 2 aromatic rings. The largest absolute Gasteiger partial charge is 0.494 e. The molecule has 2 aromatic carbocycles. The average Bonchev–Trinajstić information content (AvgIpc) is 3.04. The van der Waals surface area contributed by atoms with Gasteiger partial charge in [-0.25, -0.2) is 4.99 Å². The Labute approximate surface area is 164 Å². The van der Waals surface area contributed by atoms with Gasteiger partial charge in [0.25, 0.3) is 5.91 Å². The number of benzene rings is 2. The van der Waals surface area contributed by atoms with Crippen LogP contribution in [0.25, 0.3) is 0 Å². The van der Waals surface area contributed by atoms with Gasteiger partial charge in [0.05, 0.1) is 6.61 Å². The molecule has 2 heterocycles. The molecular weight excluding hydrogens is 356 g/mol. The van der Waals surface area contributed by atoms with Crippen molar-refractivity contribution < 1.29 is 19.4 Å². The van der Waals surface area contributed by atoms with Gasteiger partial charge in [-0.2, -0.15) is 0 Å². The Hall–Kier alpha value is -2.86. The van der Waals surface area contributed by atoms with E-state index in [2.05, 4.69) is 0 Å². The summed E-state index contributed by atoms with van der Waals surface area (Å²) in [5.74, 6) is 1.16. The van der Waals surface area contributed by atoms with E-state index < -0.39 is 5.54 Å². The normalized spacial score (nSPS) is 23.4. The number of aliphatic imine (C=N–C) groups is 1. The lowest BCUT2D eigenvalue weighted by molar-refractivity contribution is -0.125. The first kappa shape index (κ1) is 18.5. The summed E-state index contributed by atoms with van der Waals surface area (Å²) in [6.45, 7) is 2.48. The zero-order valence-electron chi connectivity index (χ0n) is 16.1. The number of aliphatic hydroxyl groups excluding tert-OH is 1. The van der Waals surface area contributed by atoms with Gasteiger partial charge in [-0.05, 0) is 42.8 Å². The molecule has 0 saturated heterocycles. The van der Waals surface area contributed by atoms with Crippen LogP contribution in [0.4, 0.5) is 5.69 Å². The lowest BCUT2D eigenvalue weighted by atomic mass is 9.82. The number of amides is 1. The molecule has 0 saturated carbocycles. The molecule has 2 aliphatic rings. The Morgan fingerprint density at radius 1 is 1.25 bits per heavy atom. The quantitative estimate of drug-likeness (QED) is 0.810. The van der Waals surface area contributed by atoms with Gasteiger partial charge in [0, 0.05) is 37.7 Å². The third-order valence-corrected chi connectivity index (χ3v) is 5.42. The topological polar surface area (TPSA) is 71.4 Å². The number of likely N-dealkylation sites (N-methyl/N-ethyl adjacent to an activating group) is 1. The highest BCUT2D eigenvalue weighted by Gasteiger charge is 2.54.